The summed E-state index contributed by atoms with van der Waals surface area (Å²) < 4.78 is 52.0. The van der Waals surface area contributed by atoms with Gasteiger partial charge in [-0.3, -0.25) is 0 Å². The predicted octanol–water partition coefficient (Wildman–Crippen LogP) is 3.61. The topological polar surface area (TPSA) is 26.0 Å². The van der Waals surface area contributed by atoms with Crippen LogP contribution in [-0.4, -0.2) is 5.54 Å². The maximum Gasteiger partial charge on any atom is 0.416 e. The molecule has 0 saturated heterocycles. The van der Waals surface area contributed by atoms with Crippen molar-refractivity contribution in [1.29, 1.82) is 0 Å². The van der Waals surface area contributed by atoms with Gasteiger partial charge in [-0.1, -0.05) is 6.07 Å². The van der Waals surface area contributed by atoms with Gasteiger partial charge in [-0.15, -0.1) is 0 Å². The van der Waals surface area contributed by atoms with Crippen LogP contribution in [0.1, 0.15) is 37.8 Å². The predicted molar refractivity (Wildman–Crippen MR) is 60.6 cm³/mol. The van der Waals surface area contributed by atoms with Gasteiger partial charge in [0.2, 0.25) is 0 Å². The lowest BCUT2D eigenvalue weighted by Crippen LogP contribution is -2.46. The molecule has 18 heavy (non-hydrogen) atoms. The van der Waals surface area contributed by atoms with Crippen LogP contribution in [-0.2, 0) is 11.6 Å². The maximum absolute atomic E-state index is 13.1. The van der Waals surface area contributed by atoms with E-state index in [0.717, 1.165) is 6.07 Å². The van der Waals surface area contributed by atoms with Crippen molar-refractivity contribution in [2.75, 3.05) is 0 Å². The Bertz CT molecular complexity index is 467. The van der Waals surface area contributed by atoms with Crippen LogP contribution in [0.2, 0.25) is 0 Å². The van der Waals surface area contributed by atoms with Crippen LogP contribution in [0.15, 0.2) is 18.2 Å². The zero-order valence-electron chi connectivity index (χ0n) is 10.2. The van der Waals surface area contributed by atoms with Crippen LogP contribution < -0.4 is 5.73 Å². The van der Waals surface area contributed by atoms with E-state index in [1.54, 1.807) is 13.8 Å². The van der Waals surface area contributed by atoms with Crippen molar-refractivity contribution >= 4 is 0 Å². The molecule has 0 aliphatic heterocycles. The van der Waals surface area contributed by atoms with E-state index >= 15 is 0 Å². The molecule has 1 aromatic rings. The summed E-state index contributed by atoms with van der Waals surface area (Å²) >= 11 is 0. The number of nitrogens with two attached hydrogens (primary N) is 1. The summed E-state index contributed by atoms with van der Waals surface area (Å²) in [5.41, 5.74) is 3.76. The molecular weight excluding hydrogens is 246 g/mol. The molecule has 1 aromatic carbocycles. The summed E-state index contributed by atoms with van der Waals surface area (Å²) in [6.45, 7) is 3.42. The van der Waals surface area contributed by atoms with Gasteiger partial charge >= 0.3 is 6.18 Å². The van der Waals surface area contributed by atoms with Crippen LogP contribution in [0.5, 0.6) is 0 Å². The molecular formula is C13H15F4N. The third kappa shape index (κ3) is 2.00. The number of hydrogen-bond acceptors (Lipinski definition) is 1. The van der Waals surface area contributed by atoms with E-state index in [-0.39, 0.29) is 5.56 Å². The molecule has 2 rings (SSSR count). The standard InChI is InChI=1S/C13H15F4N/c1-11(2,18)12(5-6-12)9-4-3-8(14)7-10(9)13(15,16)17/h3-4,7H,5-6,18H2,1-2H3. The van der Waals surface area contributed by atoms with Gasteiger partial charge < -0.3 is 5.73 Å². The Balaban J connectivity index is 2.60. The smallest absolute Gasteiger partial charge is 0.325 e. The highest BCUT2D eigenvalue weighted by atomic mass is 19.4. The first-order chi connectivity index (χ1) is 8.08. The van der Waals surface area contributed by atoms with Gasteiger partial charge in [0.25, 0.3) is 0 Å². The molecule has 0 aromatic heterocycles. The first kappa shape index (κ1) is 13.3. The first-order valence-corrected chi connectivity index (χ1v) is 5.74. The van der Waals surface area contributed by atoms with Gasteiger partial charge in [0, 0.05) is 11.0 Å². The van der Waals surface area contributed by atoms with Crippen molar-refractivity contribution in [2.45, 2.75) is 43.8 Å². The zero-order valence-corrected chi connectivity index (χ0v) is 10.2. The summed E-state index contributed by atoms with van der Waals surface area (Å²) in [4.78, 5) is 0. The Morgan fingerprint density at radius 3 is 2.11 bits per heavy atom. The van der Waals surface area contributed by atoms with E-state index in [1.165, 1.54) is 6.07 Å². The fraction of sp³-hybridized carbons (Fsp3) is 0.538. The summed E-state index contributed by atoms with van der Waals surface area (Å²) in [6, 6.07) is 2.84. The van der Waals surface area contributed by atoms with Gasteiger partial charge in [-0.05, 0) is 44.4 Å². The molecule has 1 aliphatic rings. The Hall–Kier alpha value is -1.10. The lowest BCUT2D eigenvalue weighted by molar-refractivity contribution is -0.138. The van der Waals surface area contributed by atoms with Crippen LogP contribution in [0.25, 0.3) is 0 Å². The Morgan fingerprint density at radius 1 is 1.17 bits per heavy atom. The van der Waals surface area contributed by atoms with Gasteiger partial charge in [-0.2, -0.15) is 13.2 Å². The average Bonchev–Trinajstić information content (AvgIpc) is 2.95. The molecule has 0 heterocycles. The lowest BCUT2D eigenvalue weighted by Gasteiger charge is -2.33. The highest BCUT2D eigenvalue weighted by Gasteiger charge is 2.56. The molecule has 1 nitrogen and oxygen atoms in total. The molecule has 0 amide bonds. The van der Waals surface area contributed by atoms with E-state index in [9.17, 15) is 17.6 Å². The van der Waals surface area contributed by atoms with Crippen molar-refractivity contribution < 1.29 is 17.6 Å². The maximum atomic E-state index is 13.1. The second kappa shape index (κ2) is 3.70. The summed E-state index contributed by atoms with van der Waals surface area (Å²) in [5, 5.41) is 0. The zero-order chi connectivity index (χ0) is 13.8. The van der Waals surface area contributed by atoms with Gasteiger partial charge in [-0.25, -0.2) is 4.39 Å². The summed E-state index contributed by atoms with van der Waals surface area (Å²) in [6.07, 6.45) is -3.35. The van der Waals surface area contributed by atoms with E-state index in [0.29, 0.717) is 18.9 Å². The monoisotopic (exact) mass is 261 g/mol. The minimum Gasteiger partial charge on any atom is -0.325 e. The summed E-state index contributed by atoms with van der Waals surface area (Å²) in [7, 11) is 0. The highest BCUT2D eigenvalue weighted by molar-refractivity contribution is 5.43. The number of halogens is 4. The highest BCUT2D eigenvalue weighted by Crippen LogP contribution is 2.57. The van der Waals surface area contributed by atoms with Crippen LogP contribution >= 0.6 is 0 Å². The Labute approximate surface area is 103 Å². The van der Waals surface area contributed by atoms with Crippen molar-refractivity contribution in [3.8, 4) is 0 Å². The molecule has 100 valence electrons. The van der Waals surface area contributed by atoms with Crippen LogP contribution in [0, 0.1) is 5.82 Å². The fourth-order valence-electron chi connectivity index (χ4n) is 2.55. The molecule has 1 saturated carbocycles. The van der Waals surface area contributed by atoms with Gasteiger partial charge in [0.15, 0.2) is 0 Å². The number of alkyl halides is 3. The molecule has 0 bridgehead atoms. The number of hydrogen-bond donors (Lipinski definition) is 1. The molecule has 0 unspecified atom stereocenters. The fourth-order valence-corrected chi connectivity index (χ4v) is 2.55. The normalized spacial score (nSPS) is 18.8. The van der Waals surface area contributed by atoms with Gasteiger partial charge in [0.1, 0.15) is 5.82 Å². The molecule has 1 fully saturated rings. The van der Waals surface area contributed by atoms with Gasteiger partial charge in [0.05, 0.1) is 5.56 Å². The Morgan fingerprint density at radius 2 is 1.72 bits per heavy atom. The minimum absolute atomic E-state index is 0.115. The lowest BCUT2D eigenvalue weighted by atomic mass is 9.77. The number of rotatable bonds is 2. The molecule has 1 aliphatic carbocycles. The quantitative estimate of drug-likeness (QED) is 0.808. The second-order valence-corrected chi connectivity index (χ2v) is 5.49. The van der Waals surface area contributed by atoms with Crippen molar-refractivity contribution in [3.05, 3.63) is 35.1 Å². The number of benzene rings is 1. The van der Waals surface area contributed by atoms with E-state index in [2.05, 4.69) is 0 Å². The van der Waals surface area contributed by atoms with E-state index in [4.69, 9.17) is 5.73 Å². The largest absolute Gasteiger partial charge is 0.416 e. The SMILES string of the molecule is CC(C)(N)C1(c2ccc(F)cc2C(F)(F)F)CC1. The summed E-state index contributed by atoms with van der Waals surface area (Å²) in [5.74, 6) is -0.878. The molecule has 0 spiro atoms. The van der Waals surface area contributed by atoms with Crippen LogP contribution in [0.3, 0.4) is 0 Å². The first-order valence-electron chi connectivity index (χ1n) is 5.74. The van der Waals surface area contributed by atoms with E-state index < -0.39 is 28.5 Å². The molecule has 2 N–H and O–H groups in total. The third-order valence-corrected chi connectivity index (χ3v) is 3.79. The minimum atomic E-state index is -4.56. The molecule has 0 radical (unpaired) electrons. The van der Waals surface area contributed by atoms with Crippen molar-refractivity contribution in [2.24, 2.45) is 5.73 Å². The van der Waals surface area contributed by atoms with Crippen molar-refractivity contribution in [3.63, 3.8) is 0 Å². The third-order valence-electron chi connectivity index (χ3n) is 3.79. The molecule has 0 atom stereocenters. The average molecular weight is 261 g/mol. The van der Waals surface area contributed by atoms with E-state index in [1.807, 2.05) is 0 Å². The van der Waals surface area contributed by atoms with Crippen LogP contribution in [0.4, 0.5) is 17.6 Å². The molecule has 5 heteroatoms. The second-order valence-electron chi connectivity index (χ2n) is 5.49. The van der Waals surface area contributed by atoms with Crippen molar-refractivity contribution in [1.82, 2.24) is 0 Å². The Kier molecular flexibility index (Phi) is 2.74.